The van der Waals surface area contributed by atoms with E-state index in [0.717, 1.165) is 0 Å². The number of aliphatic hydroxyl groups is 1. The Morgan fingerprint density at radius 1 is 1.31 bits per heavy atom. The van der Waals surface area contributed by atoms with E-state index in [1.807, 2.05) is 0 Å². The third-order valence-electron chi connectivity index (χ3n) is 4.76. The van der Waals surface area contributed by atoms with Gasteiger partial charge in [-0.3, -0.25) is 19.8 Å². The highest BCUT2D eigenvalue weighted by atomic mass is 19.1. The van der Waals surface area contributed by atoms with Crippen LogP contribution in [0.25, 0.3) is 16.8 Å². The van der Waals surface area contributed by atoms with Crippen LogP contribution in [0.15, 0.2) is 36.5 Å². The average Bonchev–Trinajstić information content (AvgIpc) is 3.33. The van der Waals surface area contributed by atoms with Crippen molar-refractivity contribution in [2.75, 3.05) is 29.9 Å². The van der Waals surface area contributed by atoms with Crippen LogP contribution in [0.4, 0.5) is 20.8 Å². The minimum Gasteiger partial charge on any atom is -0.442 e. The number of aliphatic hydroxyl groups excluding tert-OH is 1. The molecular weight excluding hydrogens is 423 g/mol. The maximum atomic E-state index is 14.9. The fourth-order valence-corrected chi connectivity index (χ4v) is 3.27. The summed E-state index contributed by atoms with van der Waals surface area (Å²) in [6, 6.07) is 7.59. The molecule has 0 radical (unpaired) electrons. The average molecular weight is 442 g/mol. The number of nitrogens with one attached hydrogen (secondary N) is 2. The second-order valence-electron chi connectivity index (χ2n) is 7.08. The van der Waals surface area contributed by atoms with Crippen LogP contribution >= 0.6 is 0 Å². The summed E-state index contributed by atoms with van der Waals surface area (Å²) in [5.41, 5.74) is 1.49. The number of fused-ring (bicyclic) bond motifs is 1. The second-order valence-corrected chi connectivity index (χ2v) is 7.08. The summed E-state index contributed by atoms with van der Waals surface area (Å²) in [7, 11) is 0. The molecule has 1 aliphatic rings. The standard InChI is InChI=1S/C20H19FN6O5/c1-11(29)22-8-14-9-26(20(31)32-14)13-2-3-15(16(21)7-13)12-4-5-27-17(6-12)23-19(25-27)24-18(30)10-28/h2-7,14,28H,8-10H2,1H3,(H,22,29)(H,24,25,30)/t14-/m0/s1. The molecule has 32 heavy (non-hydrogen) atoms. The molecule has 4 rings (SSSR count). The highest BCUT2D eigenvalue weighted by Crippen LogP contribution is 2.29. The number of ether oxygens (including phenoxy) is 1. The number of cyclic esters (lactones) is 1. The third kappa shape index (κ3) is 4.34. The van der Waals surface area contributed by atoms with Gasteiger partial charge < -0.3 is 15.2 Å². The Morgan fingerprint density at radius 2 is 2.12 bits per heavy atom. The van der Waals surface area contributed by atoms with Gasteiger partial charge in [0, 0.05) is 18.7 Å². The van der Waals surface area contributed by atoms with Gasteiger partial charge in [0.15, 0.2) is 5.65 Å². The summed E-state index contributed by atoms with van der Waals surface area (Å²) >= 11 is 0. The van der Waals surface area contributed by atoms with Crippen LogP contribution < -0.4 is 15.5 Å². The van der Waals surface area contributed by atoms with E-state index in [1.165, 1.54) is 28.5 Å². The number of anilines is 2. The first kappa shape index (κ1) is 21.2. The second kappa shape index (κ2) is 8.59. The molecule has 1 saturated heterocycles. The Kier molecular flexibility index (Phi) is 5.69. The molecule has 0 saturated carbocycles. The van der Waals surface area contributed by atoms with Gasteiger partial charge in [-0.1, -0.05) is 0 Å². The number of hydrogen-bond acceptors (Lipinski definition) is 7. The highest BCUT2D eigenvalue weighted by Gasteiger charge is 2.32. The van der Waals surface area contributed by atoms with E-state index in [9.17, 15) is 18.8 Å². The first-order chi connectivity index (χ1) is 15.3. The molecule has 2 aromatic heterocycles. The molecule has 1 aliphatic heterocycles. The molecule has 0 unspecified atom stereocenters. The molecule has 3 heterocycles. The lowest BCUT2D eigenvalue weighted by molar-refractivity contribution is -0.119. The minimum absolute atomic E-state index is 0.0124. The fourth-order valence-electron chi connectivity index (χ4n) is 3.27. The lowest BCUT2D eigenvalue weighted by atomic mass is 10.1. The molecule has 12 heteroatoms. The number of halogens is 1. The van der Waals surface area contributed by atoms with Crippen molar-refractivity contribution in [3.63, 3.8) is 0 Å². The number of nitrogens with zero attached hydrogens (tertiary/aromatic N) is 4. The number of pyridine rings is 1. The molecule has 1 atom stereocenters. The van der Waals surface area contributed by atoms with Crippen LogP contribution in [-0.4, -0.2) is 63.4 Å². The molecule has 0 aliphatic carbocycles. The van der Waals surface area contributed by atoms with Gasteiger partial charge in [0.25, 0.3) is 5.91 Å². The predicted molar refractivity (Wildman–Crippen MR) is 110 cm³/mol. The first-order valence-electron chi connectivity index (χ1n) is 9.63. The summed E-state index contributed by atoms with van der Waals surface area (Å²) in [5, 5.41) is 17.8. The number of aromatic nitrogens is 3. The Balaban J connectivity index is 1.54. The minimum atomic E-state index is -0.698. The van der Waals surface area contributed by atoms with Gasteiger partial charge in [0.1, 0.15) is 18.5 Å². The summed E-state index contributed by atoms with van der Waals surface area (Å²) in [4.78, 5) is 39.9. The fraction of sp³-hybridized carbons (Fsp3) is 0.250. The molecule has 1 aromatic carbocycles. The van der Waals surface area contributed by atoms with Crippen molar-refractivity contribution in [3.05, 3.63) is 42.3 Å². The van der Waals surface area contributed by atoms with E-state index in [0.29, 0.717) is 16.9 Å². The van der Waals surface area contributed by atoms with Crippen LogP contribution in [-0.2, 0) is 14.3 Å². The van der Waals surface area contributed by atoms with E-state index in [-0.39, 0.29) is 30.5 Å². The predicted octanol–water partition coefficient (Wildman–Crippen LogP) is 0.927. The Hall–Kier alpha value is -4.06. The van der Waals surface area contributed by atoms with Crippen LogP contribution in [0, 0.1) is 5.82 Å². The van der Waals surface area contributed by atoms with Gasteiger partial charge in [-0.05, 0) is 35.9 Å². The van der Waals surface area contributed by atoms with Crippen molar-refractivity contribution < 1.29 is 28.6 Å². The van der Waals surface area contributed by atoms with Gasteiger partial charge >= 0.3 is 6.09 Å². The smallest absolute Gasteiger partial charge is 0.414 e. The van der Waals surface area contributed by atoms with Crippen molar-refractivity contribution >= 4 is 35.2 Å². The number of rotatable bonds is 6. The first-order valence-corrected chi connectivity index (χ1v) is 9.63. The van der Waals surface area contributed by atoms with E-state index < -0.39 is 30.5 Å². The van der Waals surface area contributed by atoms with Crippen molar-refractivity contribution in [2.45, 2.75) is 13.0 Å². The summed E-state index contributed by atoms with van der Waals surface area (Å²) in [6.45, 7) is 1.03. The molecule has 1 fully saturated rings. The SMILES string of the molecule is CC(=O)NC[C@H]1CN(c2ccc(-c3ccn4nc(NC(=O)CO)nc4c3)c(F)c2)C(=O)O1. The maximum Gasteiger partial charge on any atom is 0.414 e. The van der Waals surface area contributed by atoms with E-state index in [1.54, 1.807) is 24.4 Å². The normalized spacial score (nSPS) is 15.7. The van der Waals surface area contributed by atoms with Crippen molar-refractivity contribution in [3.8, 4) is 11.1 Å². The molecule has 3 N–H and O–H groups in total. The zero-order valence-corrected chi connectivity index (χ0v) is 16.9. The van der Waals surface area contributed by atoms with Crippen LogP contribution in [0.3, 0.4) is 0 Å². The van der Waals surface area contributed by atoms with Crippen molar-refractivity contribution in [1.82, 2.24) is 19.9 Å². The third-order valence-corrected chi connectivity index (χ3v) is 4.76. The van der Waals surface area contributed by atoms with E-state index >= 15 is 0 Å². The molecule has 3 aromatic rings. The molecular formula is C20H19FN6O5. The number of benzene rings is 1. The quantitative estimate of drug-likeness (QED) is 0.516. The largest absolute Gasteiger partial charge is 0.442 e. The summed E-state index contributed by atoms with van der Waals surface area (Å²) in [6.07, 6.45) is 0.421. The van der Waals surface area contributed by atoms with Crippen LogP contribution in [0.1, 0.15) is 6.92 Å². The van der Waals surface area contributed by atoms with E-state index in [4.69, 9.17) is 9.84 Å². The Labute approximate surface area is 180 Å². The molecule has 11 nitrogen and oxygen atoms in total. The van der Waals surface area contributed by atoms with Gasteiger partial charge in [-0.2, -0.15) is 4.98 Å². The lowest BCUT2D eigenvalue weighted by Crippen LogP contribution is -2.33. The number of amides is 3. The van der Waals surface area contributed by atoms with Crippen molar-refractivity contribution in [1.29, 1.82) is 0 Å². The zero-order chi connectivity index (χ0) is 22.8. The highest BCUT2D eigenvalue weighted by molar-refractivity contribution is 5.91. The van der Waals surface area contributed by atoms with Gasteiger partial charge in [0.05, 0.1) is 18.8 Å². The zero-order valence-electron chi connectivity index (χ0n) is 16.9. The Morgan fingerprint density at radius 3 is 2.84 bits per heavy atom. The topological polar surface area (TPSA) is 138 Å². The van der Waals surface area contributed by atoms with Crippen LogP contribution in [0.2, 0.25) is 0 Å². The van der Waals surface area contributed by atoms with Gasteiger partial charge in [-0.15, -0.1) is 5.10 Å². The molecule has 166 valence electrons. The Bertz CT molecular complexity index is 1210. The van der Waals surface area contributed by atoms with E-state index in [2.05, 4.69) is 20.7 Å². The monoisotopic (exact) mass is 442 g/mol. The maximum absolute atomic E-state index is 14.9. The van der Waals surface area contributed by atoms with Crippen LogP contribution in [0.5, 0.6) is 0 Å². The summed E-state index contributed by atoms with van der Waals surface area (Å²) in [5.74, 6) is -1.43. The molecule has 0 spiro atoms. The number of carbonyl (C=O) groups is 3. The van der Waals surface area contributed by atoms with Gasteiger partial charge in [-0.25, -0.2) is 13.7 Å². The molecule has 3 amide bonds. The number of carbonyl (C=O) groups excluding carboxylic acids is 3. The van der Waals surface area contributed by atoms with Gasteiger partial charge in [0.2, 0.25) is 11.9 Å². The molecule has 0 bridgehead atoms. The van der Waals surface area contributed by atoms with Crippen molar-refractivity contribution in [2.24, 2.45) is 0 Å². The number of hydrogen-bond donors (Lipinski definition) is 3. The summed E-state index contributed by atoms with van der Waals surface area (Å²) < 4.78 is 21.5. The lowest BCUT2D eigenvalue weighted by Gasteiger charge is -2.14.